The molecule has 9 heteroatoms. The Kier molecular flexibility index (Phi) is 6.12. The molecule has 0 fully saturated rings. The number of aromatic nitrogens is 4. The molecule has 0 spiro atoms. The molecule has 0 unspecified atom stereocenters. The van der Waals surface area contributed by atoms with Gasteiger partial charge < -0.3 is 14.8 Å². The summed E-state index contributed by atoms with van der Waals surface area (Å²) in [7, 11) is 5.90. The van der Waals surface area contributed by atoms with Crippen LogP contribution in [0.15, 0.2) is 52.2 Å². The minimum absolute atomic E-state index is 0.144. The maximum absolute atomic E-state index is 12.1. The summed E-state index contributed by atoms with van der Waals surface area (Å²) < 4.78 is 2.75. The number of nitrogens with zero attached hydrogens (tertiary/aromatic N) is 5. The highest BCUT2D eigenvalue weighted by atomic mass is 79.9. The summed E-state index contributed by atoms with van der Waals surface area (Å²) in [5.41, 5.74) is 2.10. The molecular formula is C18H19BrN6OS. The average Bonchev–Trinajstić information content (AvgIpc) is 3.02. The zero-order chi connectivity index (χ0) is 19.4. The van der Waals surface area contributed by atoms with Crippen molar-refractivity contribution in [3.05, 3.63) is 47.1 Å². The first-order chi connectivity index (χ1) is 12.9. The van der Waals surface area contributed by atoms with Crippen molar-refractivity contribution in [3.8, 4) is 11.4 Å². The van der Waals surface area contributed by atoms with Crippen LogP contribution in [0.3, 0.4) is 0 Å². The van der Waals surface area contributed by atoms with Gasteiger partial charge in [0.1, 0.15) is 5.82 Å². The van der Waals surface area contributed by atoms with Crippen molar-refractivity contribution >= 4 is 45.1 Å². The minimum Gasteiger partial charge on any atom is -0.378 e. The van der Waals surface area contributed by atoms with Gasteiger partial charge in [0.2, 0.25) is 5.91 Å². The van der Waals surface area contributed by atoms with E-state index in [1.165, 1.54) is 11.8 Å². The van der Waals surface area contributed by atoms with E-state index in [1.807, 2.05) is 60.9 Å². The quantitative estimate of drug-likeness (QED) is 0.584. The second-order valence-electron chi connectivity index (χ2n) is 6.01. The van der Waals surface area contributed by atoms with Crippen LogP contribution in [0, 0.1) is 0 Å². The fourth-order valence-electron chi connectivity index (χ4n) is 2.36. The largest absolute Gasteiger partial charge is 0.378 e. The van der Waals surface area contributed by atoms with Crippen LogP contribution in [-0.2, 0) is 11.8 Å². The molecule has 0 bridgehead atoms. The standard InChI is InChI=1S/C18H19BrN6OS/c1-24(2)14-7-4-12(5-8-14)17-22-23-18(25(17)3)27-11-16(26)21-15-9-6-13(19)10-20-15/h4-10H,11H2,1-3H3,(H,20,21,26). The Bertz CT molecular complexity index is 924. The number of carbonyl (C=O) groups is 1. The van der Waals surface area contributed by atoms with Gasteiger partial charge >= 0.3 is 0 Å². The first kappa shape index (κ1) is 19.4. The lowest BCUT2D eigenvalue weighted by Gasteiger charge is -2.12. The molecule has 1 amide bonds. The van der Waals surface area contributed by atoms with Crippen LogP contribution < -0.4 is 10.2 Å². The molecule has 1 N–H and O–H groups in total. The number of rotatable bonds is 6. The zero-order valence-corrected chi connectivity index (χ0v) is 17.6. The van der Waals surface area contributed by atoms with Gasteiger partial charge in [0.25, 0.3) is 0 Å². The van der Waals surface area contributed by atoms with Gasteiger partial charge in [-0.2, -0.15) is 0 Å². The van der Waals surface area contributed by atoms with Crippen LogP contribution in [0.4, 0.5) is 11.5 Å². The summed E-state index contributed by atoms with van der Waals surface area (Å²) in [6.45, 7) is 0. The number of carbonyl (C=O) groups excluding carboxylic acids is 1. The number of hydrogen-bond acceptors (Lipinski definition) is 6. The summed E-state index contributed by atoms with van der Waals surface area (Å²) >= 11 is 4.65. The summed E-state index contributed by atoms with van der Waals surface area (Å²) in [6, 6.07) is 11.7. The Morgan fingerprint density at radius 1 is 1.19 bits per heavy atom. The maximum Gasteiger partial charge on any atom is 0.236 e. The molecule has 0 aliphatic rings. The van der Waals surface area contributed by atoms with Crippen molar-refractivity contribution in [3.63, 3.8) is 0 Å². The lowest BCUT2D eigenvalue weighted by atomic mass is 10.2. The molecule has 27 heavy (non-hydrogen) atoms. The lowest BCUT2D eigenvalue weighted by molar-refractivity contribution is -0.113. The Balaban J connectivity index is 1.63. The molecule has 0 aliphatic carbocycles. The second kappa shape index (κ2) is 8.53. The van der Waals surface area contributed by atoms with E-state index in [-0.39, 0.29) is 11.7 Å². The number of amides is 1. The van der Waals surface area contributed by atoms with Crippen molar-refractivity contribution < 1.29 is 4.79 Å². The summed E-state index contributed by atoms with van der Waals surface area (Å²) in [5, 5.41) is 11.9. The predicted molar refractivity (Wildman–Crippen MR) is 112 cm³/mol. The second-order valence-corrected chi connectivity index (χ2v) is 7.86. The van der Waals surface area contributed by atoms with Crippen LogP contribution in [-0.4, -0.2) is 45.5 Å². The van der Waals surface area contributed by atoms with Crippen LogP contribution in [0.5, 0.6) is 0 Å². The molecule has 1 aromatic carbocycles. The summed E-state index contributed by atoms with van der Waals surface area (Å²) in [5.74, 6) is 1.36. The fourth-order valence-corrected chi connectivity index (χ4v) is 3.30. The molecule has 0 saturated carbocycles. The fraction of sp³-hybridized carbons (Fsp3) is 0.222. The van der Waals surface area contributed by atoms with E-state index < -0.39 is 0 Å². The van der Waals surface area contributed by atoms with Gasteiger partial charge in [-0.15, -0.1) is 10.2 Å². The van der Waals surface area contributed by atoms with E-state index in [1.54, 1.807) is 12.3 Å². The van der Waals surface area contributed by atoms with E-state index >= 15 is 0 Å². The normalized spacial score (nSPS) is 10.7. The van der Waals surface area contributed by atoms with Gasteiger partial charge in [-0.1, -0.05) is 11.8 Å². The Morgan fingerprint density at radius 3 is 2.56 bits per heavy atom. The predicted octanol–water partition coefficient (Wildman–Crippen LogP) is 3.44. The Labute approximate surface area is 170 Å². The van der Waals surface area contributed by atoms with E-state index in [2.05, 4.69) is 36.4 Å². The van der Waals surface area contributed by atoms with Crippen LogP contribution in [0.1, 0.15) is 0 Å². The molecule has 2 aromatic heterocycles. The van der Waals surface area contributed by atoms with Crippen LogP contribution >= 0.6 is 27.7 Å². The number of benzene rings is 1. The number of anilines is 2. The summed E-state index contributed by atoms with van der Waals surface area (Å²) in [6.07, 6.45) is 1.64. The third-order valence-corrected chi connectivity index (χ3v) is 5.29. The highest BCUT2D eigenvalue weighted by Gasteiger charge is 2.13. The van der Waals surface area contributed by atoms with Crippen molar-refractivity contribution in [2.75, 3.05) is 30.1 Å². The van der Waals surface area contributed by atoms with E-state index in [0.29, 0.717) is 11.0 Å². The van der Waals surface area contributed by atoms with Gasteiger partial charge in [0.05, 0.1) is 5.75 Å². The molecule has 0 radical (unpaired) electrons. The molecular weight excluding hydrogens is 428 g/mol. The Morgan fingerprint density at radius 2 is 1.93 bits per heavy atom. The van der Waals surface area contributed by atoms with Crippen molar-refractivity contribution in [1.29, 1.82) is 0 Å². The number of pyridine rings is 1. The molecule has 140 valence electrons. The molecule has 0 aliphatic heterocycles. The average molecular weight is 447 g/mol. The van der Waals surface area contributed by atoms with Gasteiger partial charge in [-0.3, -0.25) is 4.79 Å². The van der Waals surface area contributed by atoms with Gasteiger partial charge in [0.15, 0.2) is 11.0 Å². The number of nitrogens with one attached hydrogen (secondary N) is 1. The van der Waals surface area contributed by atoms with Crippen molar-refractivity contribution in [1.82, 2.24) is 19.7 Å². The molecule has 3 rings (SSSR count). The maximum atomic E-state index is 12.1. The molecule has 3 aromatic rings. The van der Waals surface area contributed by atoms with E-state index in [0.717, 1.165) is 21.5 Å². The number of halogens is 1. The van der Waals surface area contributed by atoms with Crippen molar-refractivity contribution in [2.24, 2.45) is 7.05 Å². The van der Waals surface area contributed by atoms with Crippen molar-refractivity contribution in [2.45, 2.75) is 5.16 Å². The first-order valence-corrected chi connectivity index (χ1v) is 9.93. The monoisotopic (exact) mass is 446 g/mol. The van der Waals surface area contributed by atoms with Gasteiger partial charge in [-0.05, 0) is 52.3 Å². The van der Waals surface area contributed by atoms with E-state index in [9.17, 15) is 4.79 Å². The lowest BCUT2D eigenvalue weighted by Crippen LogP contribution is -2.15. The van der Waals surface area contributed by atoms with Crippen LogP contribution in [0.2, 0.25) is 0 Å². The highest BCUT2D eigenvalue weighted by molar-refractivity contribution is 9.10. The van der Waals surface area contributed by atoms with Gasteiger partial charge in [0, 0.05) is 43.1 Å². The number of hydrogen-bond donors (Lipinski definition) is 1. The minimum atomic E-state index is -0.144. The van der Waals surface area contributed by atoms with Crippen LogP contribution in [0.25, 0.3) is 11.4 Å². The third-order valence-electron chi connectivity index (χ3n) is 3.80. The first-order valence-electron chi connectivity index (χ1n) is 8.15. The molecule has 0 atom stereocenters. The van der Waals surface area contributed by atoms with E-state index in [4.69, 9.17) is 0 Å². The highest BCUT2D eigenvalue weighted by Crippen LogP contribution is 2.24. The SMILES string of the molecule is CN(C)c1ccc(-c2nnc(SCC(=O)Nc3ccc(Br)cn3)n2C)cc1. The Hall–Kier alpha value is -2.39. The van der Waals surface area contributed by atoms with Gasteiger partial charge in [-0.25, -0.2) is 4.98 Å². The zero-order valence-electron chi connectivity index (χ0n) is 15.2. The smallest absolute Gasteiger partial charge is 0.236 e. The molecule has 7 nitrogen and oxygen atoms in total. The molecule has 0 saturated heterocycles. The number of thioether (sulfide) groups is 1. The molecule has 2 heterocycles. The summed E-state index contributed by atoms with van der Waals surface area (Å²) in [4.78, 5) is 18.3. The topological polar surface area (TPSA) is 75.9 Å². The third kappa shape index (κ3) is 4.86.